The van der Waals surface area contributed by atoms with Gasteiger partial charge >= 0.3 is 0 Å². The Balaban J connectivity index is 1.65. The van der Waals surface area contributed by atoms with Crippen LogP contribution in [0.2, 0.25) is 0 Å². The van der Waals surface area contributed by atoms with Crippen LogP contribution in [0.25, 0.3) is 0 Å². The van der Waals surface area contributed by atoms with Crippen LogP contribution < -0.4 is 15.8 Å². The first-order valence-corrected chi connectivity index (χ1v) is 8.48. The highest BCUT2D eigenvalue weighted by Gasteiger charge is 2.32. The molecule has 0 radical (unpaired) electrons. The van der Waals surface area contributed by atoms with Crippen molar-refractivity contribution in [3.05, 3.63) is 29.8 Å². The molecule has 3 heteroatoms. The molecule has 0 spiro atoms. The first-order chi connectivity index (χ1) is 10.2. The highest BCUT2D eigenvalue weighted by atomic mass is 16.5. The van der Waals surface area contributed by atoms with Crippen LogP contribution in [0, 0.1) is 6.92 Å². The van der Waals surface area contributed by atoms with Gasteiger partial charge in [-0.25, -0.2) is 0 Å². The number of nitrogens with two attached hydrogens (primary N) is 1. The van der Waals surface area contributed by atoms with Crippen molar-refractivity contribution >= 4 is 0 Å². The fourth-order valence-corrected chi connectivity index (χ4v) is 3.75. The average Bonchev–Trinajstić information content (AvgIpc) is 2.89. The van der Waals surface area contributed by atoms with Crippen LogP contribution in [0.3, 0.4) is 0 Å². The van der Waals surface area contributed by atoms with Crippen molar-refractivity contribution < 1.29 is 4.74 Å². The molecule has 2 saturated carbocycles. The molecule has 2 fully saturated rings. The summed E-state index contributed by atoms with van der Waals surface area (Å²) in [4.78, 5) is 0. The topological polar surface area (TPSA) is 47.3 Å². The quantitative estimate of drug-likeness (QED) is 0.894. The van der Waals surface area contributed by atoms with E-state index in [4.69, 9.17) is 10.5 Å². The Kier molecular flexibility index (Phi) is 4.81. The molecule has 0 bridgehead atoms. The molecule has 0 unspecified atom stereocenters. The second-order valence-electron chi connectivity index (χ2n) is 6.68. The molecule has 0 saturated heterocycles. The van der Waals surface area contributed by atoms with Gasteiger partial charge in [0.05, 0.1) is 0 Å². The Morgan fingerprint density at radius 2 is 1.76 bits per heavy atom. The van der Waals surface area contributed by atoms with Gasteiger partial charge in [-0.15, -0.1) is 0 Å². The molecule has 1 aromatic carbocycles. The van der Waals surface area contributed by atoms with Crippen molar-refractivity contribution in [2.45, 2.75) is 76.1 Å². The zero-order valence-corrected chi connectivity index (χ0v) is 13.1. The van der Waals surface area contributed by atoms with Gasteiger partial charge in [0.1, 0.15) is 11.9 Å². The van der Waals surface area contributed by atoms with E-state index in [1.807, 2.05) is 0 Å². The number of nitrogens with one attached hydrogen (secondary N) is 1. The van der Waals surface area contributed by atoms with Gasteiger partial charge in [-0.2, -0.15) is 0 Å². The minimum absolute atomic E-state index is 0.285. The molecular weight excluding hydrogens is 260 g/mol. The molecular formula is C18H28N2O. The number of hydrogen-bond acceptors (Lipinski definition) is 3. The van der Waals surface area contributed by atoms with Gasteiger partial charge in [0, 0.05) is 18.1 Å². The molecule has 0 heterocycles. The van der Waals surface area contributed by atoms with Crippen molar-refractivity contribution in [2.24, 2.45) is 5.73 Å². The number of aryl methyl sites for hydroxylation is 1. The van der Waals surface area contributed by atoms with Crippen LogP contribution in [-0.2, 0) is 0 Å². The lowest BCUT2D eigenvalue weighted by Crippen LogP contribution is -2.53. The fraction of sp³-hybridized carbons (Fsp3) is 0.667. The van der Waals surface area contributed by atoms with Crippen molar-refractivity contribution in [3.8, 4) is 5.75 Å². The maximum absolute atomic E-state index is 6.34. The summed E-state index contributed by atoms with van der Waals surface area (Å²) < 4.78 is 6.34. The van der Waals surface area contributed by atoms with E-state index in [0.29, 0.717) is 18.1 Å². The van der Waals surface area contributed by atoms with Crippen molar-refractivity contribution in [3.63, 3.8) is 0 Å². The maximum atomic E-state index is 6.34. The highest BCUT2D eigenvalue weighted by molar-refractivity contribution is 5.32. The van der Waals surface area contributed by atoms with Crippen LogP contribution in [0.4, 0.5) is 0 Å². The van der Waals surface area contributed by atoms with Crippen LogP contribution in [-0.4, -0.2) is 24.2 Å². The first-order valence-electron chi connectivity index (χ1n) is 8.48. The number of hydrogen-bond donors (Lipinski definition) is 2. The second-order valence-corrected chi connectivity index (χ2v) is 6.68. The molecule has 4 atom stereocenters. The largest absolute Gasteiger partial charge is 0.489 e. The van der Waals surface area contributed by atoms with Gasteiger partial charge in [-0.1, -0.05) is 31.0 Å². The Hall–Kier alpha value is -1.06. The highest BCUT2D eigenvalue weighted by Crippen LogP contribution is 2.28. The van der Waals surface area contributed by atoms with E-state index in [9.17, 15) is 0 Å². The van der Waals surface area contributed by atoms with E-state index in [0.717, 1.165) is 18.6 Å². The minimum atomic E-state index is 0.285. The lowest BCUT2D eigenvalue weighted by Gasteiger charge is -2.35. The SMILES string of the molecule is Cc1ccccc1O[C@@H]1CCCC[C@@H]1N[C@H]1CCC[C@@H]1N. The Morgan fingerprint density at radius 3 is 2.52 bits per heavy atom. The number of benzene rings is 1. The van der Waals surface area contributed by atoms with Gasteiger partial charge in [-0.3, -0.25) is 0 Å². The molecule has 2 aliphatic rings. The van der Waals surface area contributed by atoms with E-state index >= 15 is 0 Å². The maximum Gasteiger partial charge on any atom is 0.122 e. The number of ether oxygens (including phenoxy) is 1. The normalized spacial score (nSPS) is 33.0. The standard InChI is InChI=1S/C18H28N2O/c1-13-7-2-4-11-17(13)21-18-12-5-3-9-16(18)20-15-10-6-8-14(15)19/h2,4,7,11,14-16,18,20H,3,5-6,8-10,12,19H2,1H3/t14-,15-,16-,18+/m0/s1. The average molecular weight is 288 g/mol. The predicted octanol–water partition coefficient (Wildman–Crippen LogP) is 3.15. The molecule has 0 aliphatic heterocycles. The van der Waals surface area contributed by atoms with Crippen molar-refractivity contribution in [1.29, 1.82) is 0 Å². The van der Waals surface area contributed by atoms with Crippen molar-refractivity contribution in [2.75, 3.05) is 0 Å². The summed E-state index contributed by atoms with van der Waals surface area (Å²) in [6, 6.07) is 9.58. The van der Waals surface area contributed by atoms with Crippen LogP contribution in [0.15, 0.2) is 24.3 Å². The number of para-hydroxylation sites is 1. The molecule has 0 amide bonds. The molecule has 3 nitrogen and oxygen atoms in total. The third-order valence-electron chi connectivity index (χ3n) is 5.07. The van der Waals surface area contributed by atoms with E-state index in [-0.39, 0.29) is 6.10 Å². The third-order valence-corrected chi connectivity index (χ3v) is 5.07. The summed E-state index contributed by atoms with van der Waals surface area (Å²) in [5.74, 6) is 1.03. The molecule has 21 heavy (non-hydrogen) atoms. The molecule has 1 aromatic rings. The summed E-state index contributed by atoms with van der Waals surface area (Å²) in [5.41, 5.74) is 7.44. The van der Waals surface area contributed by atoms with Crippen molar-refractivity contribution in [1.82, 2.24) is 5.32 Å². The van der Waals surface area contributed by atoms with Gasteiger partial charge in [0.15, 0.2) is 0 Å². The summed E-state index contributed by atoms with van der Waals surface area (Å²) in [6.07, 6.45) is 8.84. The summed E-state index contributed by atoms with van der Waals surface area (Å²) >= 11 is 0. The third kappa shape index (κ3) is 3.58. The lowest BCUT2D eigenvalue weighted by atomic mass is 9.91. The Labute approximate surface area is 128 Å². The smallest absolute Gasteiger partial charge is 0.122 e. The summed E-state index contributed by atoms with van der Waals surface area (Å²) in [7, 11) is 0. The zero-order chi connectivity index (χ0) is 14.7. The van der Waals surface area contributed by atoms with Gasteiger partial charge in [0.25, 0.3) is 0 Å². The van der Waals surface area contributed by atoms with E-state index in [1.54, 1.807) is 0 Å². The minimum Gasteiger partial charge on any atom is -0.489 e. The monoisotopic (exact) mass is 288 g/mol. The van der Waals surface area contributed by atoms with Crippen LogP contribution in [0.5, 0.6) is 5.75 Å². The Bertz CT molecular complexity index is 462. The van der Waals surface area contributed by atoms with Gasteiger partial charge in [0.2, 0.25) is 0 Å². The van der Waals surface area contributed by atoms with E-state index in [2.05, 4.69) is 36.5 Å². The predicted molar refractivity (Wildman–Crippen MR) is 86.6 cm³/mol. The lowest BCUT2D eigenvalue weighted by molar-refractivity contribution is 0.105. The number of rotatable bonds is 4. The Morgan fingerprint density at radius 1 is 1.00 bits per heavy atom. The molecule has 0 aromatic heterocycles. The van der Waals surface area contributed by atoms with Crippen LogP contribution >= 0.6 is 0 Å². The van der Waals surface area contributed by atoms with E-state index < -0.39 is 0 Å². The fourth-order valence-electron chi connectivity index (χ4n) is 3.75. The first kappa shape index (κ1) is 14.9. The summed E-state index contributed by atoms with van der Waals surface area (Å²) in [6.45, 7) is 2.12. The van der Waals surface area contributed by atoms with Gasteiger partial charge in [-0.05, 0) is 50.7 Å². The van der Waals surface area contributed by atoms with Crippen LogP contribution in [0.1, 0.15) is 50.5 Å². The molecule has 3 N–H and O–H groups in total. The van der Waals surface area contributed by atoms with E-state index in [1.165, 1.54) is 37.7 Å². The zero-order valence-electron chi connectivity index (χ0n) is 13.1. The molecule has 3 rings (SSSR count). The second kappa shape index (κ2) is 6.80. The molecule has 2 aliphatic carbocycles. The molecule has 116 valence electrons. The summed E-state index contributed by atoms with van der Waals surface area (Å²) in [5, 5.41) is 3.81. The van der Waals surface area contributed by atoms with Gasteiger partial charge < -0.3 is 15.8 Å².